The highest BCUT2D eigenvalue weighted by Gasteiger charge is 2.14. The van der Waals surface area contributed by atoms with Crippen LogP contribution >= 0.6 is 11.6 Å². The number of hydrogen-bond donors (Lipinski definition) is 0. The second kappa shape index (κ2) is 15.1. The summed E-state index contributed by atoms with van der Waals surface area (Å²) in [6, 6.07) is 39.7. The Morgan fingerprint density at radius 3 is 1.84 bits per heavy atom. The molecule has 0 aliphatic heterocycles. The van der Waals surface area contributed by atoms with Crippen molar-refractivity contribution >= 4 is 22.7 Å². The van der Waals surface area contributed by atoms with Gasteiger partial charge in [0.25, 0.3) is 0 Å². The van der Waals surface area contributed by atoms with Gasteiger partial charge in [0.05, 0.1) is 13.2 Å². The van der Waals surface area contributed by atoms with E-state index >= 15 is 0 Å². The van der Waals surface area contributed by atoms with Gasteiger partial charge >= 0.3 is 0 Å². The highest BCUT2D eigenvalue weighted by molar-refractivity contribution is 6.18. The monoisotopic (exact) mass is 525 g/mol. The van der Waals surface area contributed by atoms with Gasteiger partial charge in [-0.25, -0.2) is 0 Å². The Kier molecular flexibility index (Phi) is 11.0. The molecule has 4 rings (SSSR count). The van der Waals surface area contributed by atoms with E-state index in [-0.39, 0.29) is 0 Å². The number of benzene rings is 4. The standard InChI is InChI=1S/C34H36ClNO2/c1-36(23-25-37-27-28-11-5-2-6-12-28)24-26-38-32-19-17-31(18-20-32)34(30-15-9-4-10-16-30)33(21-22-35)29-13-7-3-8-14-29/h2-20H,21-27H2,1H3. The van der Waals surface area contributed by atoms with Crippen LogP contribution in [0.3, 0.4) is 0 Å². The summed E-state index contributed by atoms with van der Waals surface area (Å²) in [6.07, 6.45) is 0.787. The van der Waals surface area contributed by atoms with Crippen LogP contribution in [0.2, 0.25) is 0 Å². The minimum Gasteiger partial charge on any atom is -0.492 e. The van der Waals surface area contributed by atoms with Crippen LogP contribution in [0, 0.1) is 0 Å². The summed E-state index contributed by atoms with van der Waals surface area (Å²) >= 11 is 6.28. The number of hydrogen-bond acceptors (Lipinski definition) is 3. The zero-order valence-corrected chi connectivity index (χ0v) is 22.8. The molecule has 0 unspecified atom stereocenters. The van der Waals surface area contributed by atoms with Gasteiger partial charge in [0.1, 0.15) is 12.4 Å². The van der Waals surface area contributed by atoms with Gasteiger partial charge in [0.2, 0.25) is 0 Å². The Bertz CT molecular complexity index is 1240. The zero-order chi connectivity index (χ0) is 26.4. The van der Waals surface area contributed by atoms with Crippen molar-refractivity contribution in [2.75, 3.05) is 39.2 Å². The summed E-state index contributed by atoms with van der Waals surface area (Å²) in [5.41, 5.74) is 7.19. The van der Waals surface area contributed by atoms with Gasteiger partial charge in [0, 0.05) is 19.0 Å². The SMILES string of the molecule is CN(CCOCc1ccccc1)CCOc1ccc(C(=C(CCCl)c2ccccc2)c2ccccc2)cc1. The maximum atomic E-state index is 6.28. The summed E-state index contributed by atoms with van der Waals surface area (Å²) < 4.78 is 11.9. The Balaban J connectivity index is 1.37. The van der Waals surface area contributed by atoms with E-state index in [2.05, 4.69) is 96.9 Å². The van der Waals surface area contributed by atoms with Crippen molar-refractivity contribution in [3.8, 4) is 5.75 Å². The largest absolute Gasteiger partial charge is 0.492 e. The number of likely N-dealkylation sites (N-methyl/N-ethyl adjacent to an activating group) is 1. The third-order valence-corrected chi connectivity index (χ3v) is 6.63. The summed E-state index contributed by atoms with van der Waals surface area (Å²) in [6.45, 7) is 3.66. The molecule has 3 nitrogen and oxygen atoms in total. The van der Waals surface area contributed by atoms with Crippen molar-refractivity contribution in [1.29, 1.82) is 0 Å². The smallest absolute Gasteiger partial charge is 0.119 e. The number of nitrogens with zero attached hydrogens (tertiary/aromatic N) is 1. The van der Waals surface area contributed by atoms with Crippen molar-refractivity contribution in [1.82, 2.24) is 4.90 Å². The lowest BCUT2D eigenvalue weighted by molar-refractivity contribution is 0.0956. The predicted molar refractivity (Wildman–Crippen MR) is 160 cm³/mol. The predicted octanol–water partition coefficient (Wildman–Crippen LogP) is 7.80. The Morgan fingerprint density at radius 1 is 0.658 bits per heavy atom. The lowest BCUT2D eigenvalue weighted by Gasteiger charge is -2.18. The fourth-order valence-electron chi connectivity index (χ4n) is 4.40. The van der Waals surface area contributed by atoms with Gasteiger partial charge in [-0.05, 0) is 59.0 Å². The fraction of sp³-hybridized carbons (Fsp3) is 0.235. The highest BCUT2D eigenvalue weighted by atomic mass is 35.5. The van der Waals surface area contributed by atoms with Crippen LogP contribution in [0.1, 0.15) is 28.7 Å². The van der Waals surface area contributed by atoms with E-state index in [9.17, 15) is 0 Å². The highest BCUT2D eigenvalue weighted by Crippen LogP contribution is 2.35. The van der Waals surface area contributed by atoms with Gasteiger partial charge in [-0.1, -0.05) is 103 Å². The van der Waals surface area contributed by atoms with E-state index in [1.54, 1.807) is 0 Å². The first-order valence-corrected chi connectivity index (χ1v) is 13.7. The van der Waals surface area contributed by atoms with Gasteiger partial charge in [-0.2, -0.15) is 0 Å². The van der Waals surface area contributed by atoms with Crippen LogP contribution in [0.5, 0.6) is 5.75 Å². The van der Waals surface area contributed by atoms with Crippen LogP contribution in [-0.2, 0) is 11.3 Å². The van der Waals surface area contributed by atoms with E-state index in [4.69, 9.17) is 21.1 Å². The number of allylic oxidation sites excluding steroid dienone is 1. The quantitative estimate of drug-likeness (QED) is 0.0952. The summed E-state index contributed by atoms with van der Waals surface area (Å²) in [7, 11) is 2.09. The molecule has 0 aromatic heterocycles. The van der Waals surface area contributed by atoms with Gasteiger partial charge in [-0.15, -0.1) is 11.6 Å². The number of ether oxygens (including phenoxy) is 2. The molecule has 0 saturated carbocycles. The molecule has 0 spiro atoms. The molecular formula is C34H36ClNO2. The average molecular weight is 526 g/mol. The summed E-state index contributed by atoms with van der Waals surface area (Å²) in [5, 5.41) is 0. The third kappa shape index (κ3) is 8.32. The molecule has 0 aliphatic carbocycles. The summed E-state index contributed by atoms with van der Waals surface area (Å²) in [4.78, 5) is 2.23. The van der Waals surface area contributed by atoms with Crippen LogP contribution < -0.4 is 4.74 Å². The van der Waals surface area contributed by atoms with Crippen LogP contribution in [0.25, 0.3) is 11.1 Å². The topological polar surface area (TPSA) is 21.7 Å². The Hall–Kier alpha value is -3.37. The number of alkyl halides is 1. The minimum absolute atomic E-state index is 0.562. The third-order valence-electron chi connectivity index (χ3n) is 6.44. The molecule has 0 N–H and O–H groups in total. The van der Waals surface area contributed by atoms with Gasteiger partial charge in [-0.3, -0.25) is 0 Å². The molecule has 4 aromatic carbocycles. The number of rotatable bonds is 14. The van der Waals surface area contributed by atoms with Crippen molar-refractivity contribution in [2.45, 2.75) is 13.0 Å². The molecule has 0 atom stereocenters. The lowest BCUT2D eigenvalue weighted by atomic mass is 9.88. The van der Waals surface area contributed by atoms with Crippen molar-refractivity contribution in [3.05, 3.63) is 138 Å². The average Bonchev–Trinajstić information content (AvgIpc) is 2.97. The summed E-state index contributed by atoms with van der Waals surface area (Å²) in [5.74, 6) is 1.43. The molecule has 0 heterocycles. The second-order valence-corrected chi connectivity index (χ2v) is 9.62. The maximum absolute atomic E-state index is 6.28. The van der Waals surface area contributed by atoms with E-state index in [1.807, 2.05) is 30.3 Å². The number of halogens is 1. The molecule has 38 heavy (non-hydrogen) atoms. The van der Waals surface area contributed by atoms with E-state index in [0.29, 0.717) is 25.7 Å². The second-order valence-electron chi connectivity index (χ2n) is 9.24. The van der Waals surface area contributed by atoms with E-state index < -0.39 is 0 Å². The van der Waals surface area contributed by atoms with Crippen molar-refractivity contribution in [3.63, 3.8) is 0 Å². The minimum atomic E-state index is 0.562. The first kappa shape index (κ1) is 27.7. The van der Waals surface area contributed by atoms with E-state index in [0.717, 1.165) is 30.8 Å². The molecule has 0 fully saturated rings. The maximum Gasteiger partial charge on any atom is 0.119 e. The first-order valence-electron chi connectivity index (χ1n) is 13.2. The molecule has 4 heteroatoms. The van der Waals surface area contributed by atoms with Crippen molar-refractivity contribution < 1.29 is 9.47 Å². The molecule has 0 aliphatic rings. The fourth-order valence-corrected chi connectivity index (χ4v) is 4.59. The molecule has 196 valence electrons. The zero-order valence-electron chi connectivity index (χ0n) is 22.1. The van der Waals surface area contributed by atoms with Gasteiger partial charge in [0.15, 0.2) is 0 Å². The normalized spacial score (nSPS) is 11.9. The van der Waals surface area contributed by atoms with Crippen molar-refractivity contribution in [2.24, 2.45) is 0 Å². The van der Waals surface area contributed by atoms with Crippen LogP contribution in [-0.4, -0.2) is 44.1 Å². The lowest BCUT2D eigenvalue weighted by Crippen LogP contribution is -2.27. The van der Waals surface area contributed by atoms with Crippen LogP contribution in [0.15, 0.2) is 115 Å². The molecule has 0 radical (unpaired) electrons. The Morgan fingerprint density at radius 2 is 1.21 bits per heavy atom. The van der Waals surface area contributed by atoms with Crippen LogP contribution in [0.4, 0.5) is 0 Å². The molecule has 0 saturated heterocycles. The molecule has 4 aromatic rings. The van der Waals surface area contributed by atoms with E-state index in [1.165, 1.54) is 27.8 Å². The molecule has 0 bridgehead atoms. The Labute approximate surface area is 232 Å². The van der Waals surface area contributed by atoms with Gasteiger partial charge < -0.3 is 14.4 Å². The first-order chi connectivity index (χ1) is 18.7. The molecule has 0 amide bonds. The molecular weight excluding hydrogens is 490 g/mol.